The van der Waals surface area contributed by atoms with Crippen LogP contribution < -0.4 is 13.8 Å². The number of ether oxygens (including phenoxy) is 2. The van der Waals surface area contributed by atoms with Crippen molar-refractivity contribution in [2.75, 3.05) is 11.1 Å². The summed E-state index contributed by atoms with van der Waals surface area (Å²) < 4.78 is 39.5. The number of fused-ring (bicyclic) bond motifs is 2. The zero-order chi connectivity index (χ0) is 23.2. The van der Waals surface area contributed by atoms with Crippen LogP contribution in [-0.2, 0) is 21.2 Å². The van der Waals surface area contributed by atoms with Gasteiger partial charge < -0.3 is 14.6 Å². The van der Waals surface area contributed by atoms with E-state index in [2.05, 4.69) is 0 Å². The summed E-state index contributed by atoms with van der Waals surface area (Å²) in [4.78, 5) is 12.8. The van der Waals surface area contributed by atoms with Gasteiger partial charge in [-0.2, -0.15) is 0 Å². The van der Waals surface area contributed by atoms with E-state index in [1.807, 2.05) is 19.1 Å². The molecule has 168 valence electrons. The first kappa shape index (κ1) is 21.1. The van der Waals surface area contributed by atoms with Crippen LogP contribution in [-0.4, -0.2) is 26.3 Å². The Bertz CT molecular complexity index is 1410. The van der Waals surface area contributed by atoms with Crippen LogP contribution in [0.3, 0.4) is 0 Å². The molecule has 33 heavy (non-hydrogen) atoms. The molecular formula is C25H21NO6S. The van der Waals surface area contributed by atoms with Crippen LogP contribution in [0.25, 0.3) is 5.57 Å². The summed E-state index contributed by atoms with van der Waals surface area (Å²) in [7, 11) is -4.18. The maximum Gasteiger partial charge on any atom is 0.354 e. The van der Waals surface area contributed by atoms with E-state index in [-0.39, 0.29) is 17.4 Å². The maximum atomic E-state index is 13.8. The number of hydrogen-bond acceptors (Lipinski definition) is 5. The molecule has 0 radical (unpaired) electrons. The Labute approximate surface area is 191 Å². The minimum absolute atomic E-state index is 0.0500. The molecule has 7 nitrogen and oxygen atoms in total. The molecule has 3 aromatic carbocycles. The highest BCUT2D eigenvalue weighted by Crippen LogP contribution is 2.45. The molecule has 8 heteroatoms. The number of rotatable bonds is 5. The van der Waals surface area contributed by atoms with Gasteiger partial charge in [-0.25, -0.2) is 17.5 Å². The van der Waals surface area contributed by atoms with Crippen molar-refractivity contribution in [3.05, 3.63) is 89.1 Å². The molecule has 0 saturated carbocycles. The van der Waals surface area contributed by atoms with Crippen LogP contribution in [0.4, 0.5) is 5.69 Å². The van der Waals surface area contributed by atoms with Crippen molar-refractivity contribution in [2.45, 2.75) is 24.7 Å². The molecule has 0 spiro atoms. The Hall–Kier alpha value is -3.78. The summed E-state index contributed by atoms with van der Waals surface area (Å²) in [6.45, 7) is 2.06. The van der Waals surface area contributed by atoms with Gasteiger partial charge in [-0.1, -0.05) is 55.8 Å². The highest BCUT2D eigenvalue weighted by atomic mass is 32.2. The second-order valence-corrected chi connectivity index (χ2v) is 9.50. The second-order valence-electron chi connectivity index (χ2n) is 7.74. The largest absolute Gasteiger partial charge is 0.477 e. The lowest BCUT2D eigenvalue weighted by Crippen LogP contribution is -2.38. The second kappa shape index (κ2) is 7.97. The van der Waals surface area contributed by atoms with Gasteiger partial charge in [0, 0.05) is 11.1 Å². The Morgan fingerprint density at radius 1 is 1.00 bits per heavy atom. The first-order valence-electron chi connectivity index (χ1n) is 10.5. The summed E-state index contributed by atoms with van der Waals surface area (Å²) in [6, 6.07) is 18.6. The number of anilines is 1. The maximum absolute atomic E-state index is 13.8. The zero-order valence-electron chi connectivity index (χ0n) is 17.8. The number of aryl methyl sites for hydroxylation is 1. The Morgan fingerprint density at radius 2 is 1.73 bits per heavy atom. The molecule has 0 atom stereocenters. The fourth-order valence-corrected chi connectivity index (χ4v) is 6.07. The van der Waals surface area contributed by atoms with Crippen LogP contribution in [0, 0.1) is 0 Å². The van der Waals surface area contributed by atoms with E-state index in [0.29, 0.717) is 40.3 Å². The monoisotopic (exact) mass is 463 g/mol. The van der Waals surface area contributed by atoms with Gasteiger partial charge in [0.25, 0.3) is 10.0 Å². The standard InChI is InChI=1S/C25H21NO6S/c1-2-7-16-8-3-5-10-19(16)26-24(25(27)28)23(17-12-13-20-21(14-17)32-15-31-20)18-9-4-6-11-22(18)33(26,29)30/h3-6,8-14H,2,7,15H2,1H3,(H,27,28). The third-order valence-corrected chi connectivity index (χ3v) is 7.48. The predicted molar refractivity (Wildman–Crippen MR) is 123 cm³/mol. The summed E-state index contributed by atoms with van der Waals surface area (Å²) in [5.41, 5.74) is 1.93. The topological polar surface area (TPSA) is 93.1 Å². The van der Waals surface area contributed by atoms with E-state index in [1.165, 1.54) is 6.07 Å². The fraction of sp³-hybridized carbons (Fsp3) is 0.160. The molecule has 0 aromatic heterocycles. The molecule has 2 aliphatic rings. The van der Waals surface area contributed by atoms with Crippen molar-refractivity contribution >= 4 is 27.3 Å². The molecular weight excluding hydrogens is 442 g/mol. The first-order valence-corrected chi connectivity index (χ1v) is 12.0. The molecule has 0 amide bonds. The molecule has 2 heterocycles. The molecule has 3 aromatic rings. The quantitative estimate of drug-likeness (QED) is 0.602. The summed E-state index contributed by atoms with van der Waals surface area (Å²) >= 11 is 0. The van der Waals surface area contributed by atoms with E-state index in [9.17, 15) is 18.3 Å². The number of sulfonamides is 1. The van der Waals surface area contributed by atoms with E-state index in [0.717, 1.165) is 16.3 Å². The smallest absolute Gasteiger partial charge is 0.354 e. The molecule has 1 N–H and O–H groups in total. The van der Waals surface area contributed by atoms with Gasteiger partial charge in [-0.15, -0.1) is 0 Å². The van der Waals surface area contributed by atoms with Crippen molar-refractivity contribution in [1.82, 2.24) is 0 Å². The molecule has 0 unspecified atom stereocenters. The van der Waals surface area contributed by atoms with Crippen LogP contribution in [0.15, 0.2) is 77.3 Å². The van der Waals surface area contributed by atoms with Crippen LogP contribution in [0.2, 0.25) is 0 Å². The number of carboxylic acids is 1. The van der Waals surface area contributed by atoms with Crippen molar-refractivity contribution in [2.24, 2.45) is 0 Å². The van der Waals surface area contributed by atoms with Gasteiger partial charge >= 0.3 is 5.97 Å². The van der Waals surface area contributed by atoms with E-state index < -0.39 is 16.0 Å². The van der Waals surface area contributed by atoms with Crippen molar-refractivity contribution in [3.63, 3.8) is 0 Å². The van der Waals surface area contributed by atoms with Gasteiger partial charge in [0.15, 0.2) is 17.2 Å². The fourth-order valence-electron chi connectivity index (χ4n) is 4.32. The van der Waals surface area contributed by atoms with Gasteiger partial charge in [0.1, 0.15) is 0 Å². The van der Waals surface area contributed by atoms with Crippen molar-refractivity contribution < 1.29 is 27.8 Å². The van der Waals surface area contributed by atoms with E-state index in [1.54, 1.807) is 48.5 Å². The van der Waals surface area contributed by atoms with Gasteiger partial charge in [0.2, 0.25) is 6.79 Å². The lowest BCUT2D eigenvalue weighted by atomic mass is 9.94. The lowest BCUT2D eigenvalue weighted by Gasteiger charge is -2.33. The first-order chi connectivity index (χ1) is 15.9. The minimum Gasteiger partial charge on any atom is -0.477 e. The third kappa shape index (κ3) is 3.34. The SMILES string of the molecule is CCCc1ccccc1N1C(C(=O)O)=C(c2ccc3c(c2)OCO3)c2ccccc2S1(=O)=O. The lowest BCUT2D eigenvalue weighted by molar-refractivity contribution is -0.132. The molecule has 0 bridgehead atoms. The van der Waals surface area contributed by atoms with Gasteiger partial charge in [0.05, 0.1) is 10.6 Å². The number of carboxylic acid groups (broad SMARTS) is 1. The van der Waals surface area contributed by atoms with Crippen LogP contribution in [0.5, 0.6) is 11.5 Å². The van der Waals surface area contributed by atoms with Gasteiger partial charge in [-0.3, -0.25) is 0 Å². The van der Waals surface area contributed by atoms with Crippen LogP contribution >= 0.6 is 0 Å². The van der Waals surface area contributed by atoms with Crippen molar-refractivity contribution in [1.29, 1.82) is 0 Å². The predicted octanol–water partition coefficient (Wildman–Crippen LogP) is 4.42. The molecule has 2 aliphatic heterocycles. The molecule has 0 aliphatic carbocycles. The zero-order valence-corrected chi connectivity index (χ0v) is 18.6. The van der Waals surface area contributed by atoms with E-state index in [4.69, 9.17) is 9.47 Å². The third-order valence-electron chi connectivity index (χ3n) is 5.71. The Balaban J connectivity index is 1.87. The molecule has 5 rings (SSSR count). The number of nitrogens with zero attached hydrogens (tertiary/aromatic N) is 1. The highest BCUT2D eigenvalue weighted by Gasteiger charge is 2.42. The Kier molecular flexibility index (Phi) is 5.09. The average molecular weight is 464 g/mol. The summed E-state index contributed by atoms with van der Waals surface area (Å²) in [5, 5.41) is 10.4. The summed E-state index contributed by atoms with van der Waals surface area (Å²) in [5.74, 6) is -0.307. The highest BCUT2D eigenvalue weighted by molar-refractivity contribution is 7.93. The molecule has 0 fully saturated rings. The normalized spacial score (nSPS) is 16.0. The number of para-hydroxylation sites is 1. The number of hydrogen-bond donors (Lipinski definition) is 1. The minimum atomic E-state index is -4.18. The van der Waals surface area contributed by atoms with E-state index >= 15 is 0 Å². The van der Waals surface area contributed by atoms with Crippen molar-refractivity contribution in [3.8, 4) is 11.5 Å². The van der Waals surface area contributed by atoms with Gasteiger partial charge in [-0.05, 0) is 41.8 Å². The number of carbonyl (C=O) groups is 1. The number of benzene rings is 3. The molecule has 0 saturated heterocycles. The van der Waals surface area contributed by atoms with Crippen LogP contribution in [0.1, 0.15) is 30.0 Å². The Morgan fingerprint density at radius 3 is 2.52 bits per heavy atom. The summed E-state index contributed by atoms with van der Waals surface area (Å²) in [6.07, 6.45) is 1.39. The number of aliphatic carboxylic acids is 1. The average Bonchev–Trinajstić information content (AvgIpc) is 3.27.